The Morgan fingerprint density at radius 1 is 0.900 bits per heavy atom. The number of amides is 2. The zero-order valence-corrected chi connectivity index (χ0v) is 10.8. The minimum absolute atomic E-state index is 0.184. The summed E-state index contributed by atoms with van der Waals surface area (Å²) < 4.78 is 0. The molecule has 0 atom stereocenters. The molecule has 0 bridgehead atoms. The summed E-state index contributed by atoms with van der Waals surface area (Å²) >= 11 is 0. The third-order valence-corrected chi connectivity index (χ3v) is 3.34. The molecule has 98 valence electrons. The van der Waals surface area contributed by atoms with Gasteiger partial charge in [-0.2, -0.15) is 0 Å². The third kappa shape index (κ3) is 1.73. The molecule has 0 fully saturated rings. The minimum atomic E-state index is -0.506. The molecule has 2 amide bonds. The number of carbonyl (C=O) groups is 3. The third-order valence-electron chi connectivity index (χ3n) is 3.34. The Labute approximate surface area is 115 Å². The number of carbonyl (C=O) groups excluding carboxylic acids is 3. The van der Waals surface area contributed by atoms with Gasteiger partial charge in [-0.3, -0.25) is 19.7 Å². The van der Waals surface area contributed by atoms with Crippen molar-refractivity contribution in [2.45, 2.75) is 6.92 Å². The first-order chi connectivity index (χ1) is 9.59. The number of benzene rings is 2. The van der Waals surface area contributed by atoms with E-state index < -0.39 is 11.8 Å². The number of imide groups is 1. The van der Waals surface area contributed by atoms with Crippen LogP contribution in [0.1, 0.15) is 38.0 Å². The number of hydrogen-bond acceptors (Lipinski definition) is 3. The molecular formula is C16H11NO3. The Morgan fingerprint density at radius 3 is 2.20 bits per heavy atom. The SMILES string of the molecule is CC(=O)c1c(-c2ccccc2)ccc2c1C(=O)NC2=O. The van der Waals surface area contributed by atoms with Gasteiger partial charge in [0.15, 0.2) is 5.78 Å². The molecule has 2 aromatic rings. The predicted octanol–water partition coefficient (Wildman–Crippen LogP) is 2.44. The predicted molar refractivity (Wildman–Crippen MR) is 73.7 cm³/mol. The Morgan fingerprint density at radius 2 is 1.55 bits per heavy atom. The van der Waals surface area contributed by atoms with Crippen LogP contribution in [-0.2, 0) is 0 Å². The van der Waals surface area contributed by atoms with Gasteiger partial charge in [-0.05, 0) is 24.1 Å². The van der Waals surface area contributed by atoms with E-state index in [0.29, 0.717) is 11.1 Å². The lowest BCUT2D eigenvalue weighted by molar-refractivity contribution is 0.0875. The Bertz CT molecular complexity index is 748. The van der Waals surface area contributed by atoms with Crippen LogP contribution in [0.3, 0.4) is 0 Å². The van der Waals surface area contributed by atoms with Crippen molar-refractivity contribution >= 4 is 17.6 Å². The van der Waals surface area contributed by atoms with Crippen molar-refractivity contribution in [3.8, 4) is 11.1 Å². The largest absolute Gasteiger partial charge is 0.294 e. The second-order valence-electron chi connectivity index (χ2n) is 4.62. The fourth-order valence-electron chi connectivity index (χ4n) is 2.48. The van der Waals surface area contributed by atoms with E-state index in [0.717, 1.165) is 5.56 Å². The van der Waals surface area contributed by atoms with Gasteiger partial charge in [-0.25, -0.2) is 0 Å². The number of rotatable bonds is 2. The lowest BCUT2D eigenvalue weighted by Gasteiger charge is -2.10. The normalized spacial score (nSPS) is 13.1. The Balaban J connectivity index is 2.34. The van der Waals surface area contributed by atoms with Gasteiger partial charge in [0.2, 0.25) is 0 Å². The molecule has 1 aliphatic heterocycles. The molecule has 0 saturated carbocycles. The summed E-state index contributed by atoms with van der Waals surface area (Å²) in [5.41, 5.74) is 2.26. The van der Waals surface area contributed by atoms with Crippen molar-refractivity contribution in [3.05, 3.63) is 59.2 Å². The standard InChI is InChI=1S/C16H11NO3/c1-9(18)13-11(10-5-3-2-4-6-10)7-8-12-14(13)16(20)17-15(12)19/h2-8H,1H3,(H,17,19,20). The van der Waals surface area contributed by atoms with E-state index in [1.54, 1.807) is 12.1 Å². The van der Waals surface area contributed by atoms with Crippen LogP contribution < -0.4 is 5.32 Å². The van der Waals surface area contributed by atoms with E-state index >= 15 is 0 Å². The molecule has 20 heavy (non-hydrogen) atoms. The highest BCUT2D eigenvalue weighted by Gasteiger charge is 2.32. The highest BCUT2D eigenvalue weighted by atomic mass is 16.2. The van der Waals surface area contributed by atoms with Gasteiger partial charge in [0.1, 0.15) is 0 Å². The van der Waals surface area contributed by atoms with Gasteiger partial charge in [0.25, 0.3) is 11.8 Å². The average molecular weight is 265 g/mol. The van der Waals surface area contributed by atoms with Gasteiger partial charge in [0.05, 0.1) is 11.1 Å². The summed E-state index contributed by atoms with van der Waals surface area (Å²) in [5.74, 6) is -1.19. The van der Waals surface area contributed by atoms with Gasteiger partial charge < -0.3 is 0 Å². The zero-order valence-electron chi connectivity index (χ0n) is 10.8. The van der Waals surface area contributed by atoms with E-state index in [1.165, 1.54) is 6.92 Å². The maximum atomic E-state index is 12.0. The van der Waals surface area contributed by atoms with Crippen molar-refractivity contribution in [1.29, 1.82) is 0 Å². The lowest BCUT2D eigenvalue weighted by Crippen LogP contribution is -2.20. The fraction of sp³-hybridized carbons (Fsp3) is 0.0625. The van der Waals surface area contributed by atoms with Crippen LogP contribution >= 0.6 is 0 Å². The molecule has 1 heterocycles. The second-order valence-corrected chi connectivity index (χ2v) is 4.62. The van der Waals surface area contributed by atoms with E-state index in [1.807, 2.05) is 30.3 Å². The van der Waals surface area contributed by atoms with E-state index in [9.17, 15) is 14.4 Å². The van der Waals surface area contributed by atoms with E-state index in [-0.39, 0.29) is 16.9 Å². The van der Waals surface area contributed by atoms with Crippen LogP contribution in [0.25, 0.3) is 11.1 Å². The molecule has 4 nitrogen and oxygen atoms in total. The maximum absolute atomic E-state index is 12.0. The molecule has 1 N–H and O–H groups in total. The van der Waals surface area contributed by atoms with Gasteiger partial charge in [-0.15, -0.1) is 0 Å². The van der Waals surface area contributed by atoms with Crippen LogP contribution in [0.2, 0.25) is 0 Å². The van der Waals surface area contributed by atoms with Crippen molar-refractivity contribution in [2.75, 3.05) is 0 Å². The van der Waals surface area contributed by atoms with Crippen molar-refractivity contribution < 1.29 is 14.4 Å². The van der Waals surface area contributed by atoms with Gasteiger partial charge >= 0.3 is 0 Å². The number of hydrogen-bond donors (Lipinski definition) is 1. The summed E-state index contributed by atoms with van der Waals surface area (Å²) in [6, 6.07) is 12.6. The topological polar surface area (TPSA) is 63.2 Å². The highest BCUT2D eigenvalue weighted by Crippen LogP contribution is 2.31. The number of fused-ring (bicyclic) bond motifs is 1. The van der Waals surface area contributed by atoms with Gasteiger partial charge in [0, 0.05) is 5.56 Å². The number of Topliss-reactive ketones (excluding diaryl/α,β-unsaturated/α-hetero) is 1. The lowest BCUT2D eigenvalue weighted by atomic mass is 9.91. The molecule has 2 aromatic carbocycles. The molecule has 1 aliphatic rings. The molecule has 4 heteroatoms. The minimum Gasteiger partial charge on any atom is -0.294 e. The Kier molecular flexibility index (Phi) is 2.71. The average Bonchev–Trinajstić information content (AvgIpc) is 2.74. The summed E-state index contributed by atoms with van der Waals surface area (Å²) in [6.45, 7) is 1.40. The number of ketones is 1. The van der Waals surface area contributed by atoms with Crippen LogP contribution in [0.4, 0.5) is 0 Å². The summed E-state index contributed by atoms with van der Waals surface area (Å²) in [5, 5.41) is 2.23. The van der Waals surface area contributed by atoms with Crippen LogP contribution in [-0.4, -0.2) is 17.6 Å². The Hall–Kier alpha value is -2.75. The quantitative estimate of drug-likeness (QED) is 0.670. The first kappa shape index (κ1) is 12.3. The molecule has 3 rings (SSSR count). The zero-order chi connectivity index (χ0) is 14.3. The van der Waals surface area contributed by atoms with E-state index in [2.05, 4.69) is 5.32 Å². The van der Waals surface area contributed by atoms with Crippen molar-refractivity contribution in [3.63, 3.8) is 0 Å². The molecule has 0 saturated heterocycles. The monoisotopic (exact) mass is 265 g/mol. The van der Waals surface area contributed by atoms with Crippen LogP contribution in [0, 0.1) is 0 Å². The summed E-state index contributed by atoms with van der Waals surface area (Å²) in [7, 11) is 0. The second kappa shape index (κ2) is 4.42. The summed E-state index contributed by atoms with van der Waals surface area (Å²) in [6.07, 6.45) is 0. The van der Waals surface area contributed by atoms with Crippen molar-refractivity contribution in [2.24, 2.45) is 0 Å². The van der Waals surface area contributed by atoms with Crippen molar-refractivity contribution in [1.82, 2.24) is 5.32 Å². The summed E-state index contributed by atoms with van der Waals surface area (Å²) in [4.78, 5) is 35.5. The molecule has 0 spiro atoms. The van der Waals surface area contributed by atoms with Crippen LogP contribution in [0.5, 0.6) is 0 Å². The highest BCUT2D eigenvalue weighted by molar-refractivity contribution is 6.26. The molecule has 0 aromatic heterocycles. The van der Waals surface area contributed by atoms with Gasteiger partial charge in [-0.1, -0.05) is 36.4 Å². The molecule has 0 unspecified atom stereocenters. The first-order valence-corrected chi connectivity index (χ1v) is 6.18. The number of nitrogens with one attached hydrogen (secondary N) is 1. The van der Waals surface area contributed by atoms with E-state index in [4.69, 9.17) is 0 Å². The molecule has 0 aliphatic carbocycles. The van der Waals surface area contributed by atoms with Crippen LogP contribution in [0.15, 0.2) is 42.5 Å². The maximum Gasteiger partial charge on any atom is 0.259 e. The fourth-order valence-corrected chi connectivity index (χ4v) is 2.48. The molecule has 0 radical (unpaired) electrons. The smallest absolute Gasteiger partial charge is 0.259 e. The molecular weight excluding hydrogens is 254 g/mol. The first-order valence-electron chi connectivity index (χ1n) is 6.18.